The second-order valence-electron chi connectivity index (χ2n) is 5.16. The zero-order valence-corrected chi connectivity index (χ0v) is 12.9. The Morgan fingerprint density at radius 1 is 1.19 bits per heavy atom. The Bertz CT molecular complexity index is 746. The molecule has 110 valence electrons. The van der Waals surface area contributed by atoms with Crippen LogP contribution in [0.2, 0.25) is 0 Å². The fraction of sp³-hybridized carbons (Fsp3) is 0.267. The molecule has 6 heteroatoms. The van der Waals surface area contributed by atoms with Crippen molar-refractivity contribution in [2.24, 2.45) is 0 Å². The van der Waals surface area contributed by atoms with E-state index in [1.54, 1.807) is 24.3 Å². The van der Waals surface area contributed by atoms with Crippen LogP contribution >= 0.6 is 11.3 Å². The first-order valence-electron chi connectivity index (χ1n) is 6.71. The maximum atomic E-state index is 12.2. The molecule has 0 radical (unpaired) electrons. The minimum absolute atomic E-state index is 0.191. The number of carbonyl (C=O) groups is 1. The van der Waals surface area contributed by atoms with Gasteiger partial charge in [0.25, 0.3) is 5.91 Å². The molecule has 1 aliphatic carbocycles. The molecule has 1 aliphatic rings. The molecule has 0 spiro atoms. The summed E-state index contributed by atoms with van der Waals surface area (Å²) in [5, 5.41) is 1.84. The van der Waals surface area contributed by atoms with Crippen LogP contribution in [0.5, 0.6) is 0 Å². The summed E-state index contributed by atoms with van der Waals surface area (Å²) in [6.45, 7) is 0. The molecule has 0 unspecified atom stereocenters. The molecule has 1 aromatic carbocycles. The average Bonchev–Trinajstić information content (AvgIpc) is 3.15. The standard InChI is InChI=1S/C15H15NO3S2/c17-15(14-13(8-9-20-14)12-6-7-12)16-21(18,19)10-11-4-2-1-3-5-11/h1-5,8-9,12H,6-7,10H2,(H,16,17). The zero-order valence-electron chi connectivity index (χ0n) is 11.3. The van der Waals surface area contributed by atoms with Crippen molar-refractivity contribution >= 4 is 27.3 Å². The third kappa shape index (κ3) is 3.51. The van der Waals surface area contributed by atoms with Crippen LogP contribution in [-0.2, 0) is 15.8 Å². The SMILES string of the molecule is O=C(NS(=O)(=O)Cc1ccccc1)c1sccc1C1CC1. The summed E-state index contributed by atoms with van der Waals surface area (Å²) in [6.07, 6.45) is 2.15. The van der Waals surface area contributed by atoms with Gasteiger partial charge in [0.1, 0.15) is 0 Å². The van der Waals surface area contributed by atoms with Gasteiger partial charge in [-0.05, 0) is 41.3 Å². The third-order valence-corrected chi connectivity index (χ3v) is 5.51. The van der Waals surface area contributed by atoms with Crippen molar-refractivity contribution in [3.8, 4) is 0 Å². The monoisotopic (exact) mass is 321 g/mol. The van der Waals surface area contributed by atoms with Crippen LogP contribution < -0.4 is 4.72 Å². The van der Waals surface area contributed by atoms with Crippen molar-refractivity contribution in [2.75, 3.05) is 0 Å². The van der Waals surface area contributed by atoms with Crippen LogP contribution in [0.3, 0.4) is 0 Å². The molecule has 1 amide bonds. The first kappa shape index (κ1) is 14.3. The minimum atomic E-state index is -3.67. The number of thiophene rings is 1. The predicted molar refractivity (Wildman–Crippen MR) is 82.8 cm³/mol. The fourth-order valence-electron chi connectivity index (χ4n) is 2.24. The molecule has 2 aromatic rings. The summed E-state index contributed by atoms with van der Waals surface area (Å²) in [6, 6.07) is 10.7. The molecule has 0 aliphatic heterocycles. The van der Waals surface area contributed by atoms with E-state index < -0.39 is 15.9 Å². The summed E-state index contributed by atoms with van der Waals surface area (Å²) < 4.78 is 26.3. The molecule has 1 fully saturated rings. The van der Waals surface area contributed by atoms with Gasteiger partial charge in [-0.3, -0.25) is 4.79 Å². The van der Waals surface area contributed by atoms with Crippen LogP contribution in [0.1, 0.15) is 39.6 Å². The van der Waals surface area contributed by atoms with E-state index in [0.717, 1.165) is 18.4 Å². The van der Waals surface area contributed by atoms with Gasteiger partial charge in [0.2, 0.25) is 10.0 Å². The molecule has 1 heterocycles. The Balaban J connectivity index is 1.73. The summed E-state index contributed by atoms with van der Waals surface area (Å²) in [7, 11) is -3.67. The quantitative estimate of drug-likeness (QED) is 0.921. The lowest BCUT2D eigenvalue weighted by atomic mass is 10.1. The highest BCUT2D eigenvalue weighted by atomic mass is 32.2. The van der Waals surface area contributed by atoms with E-state index in [9.17, 15) is 13.2 Å². The van der Waals surface area contributed by atoms with Crippen LogP contribution in [0.15, 0.2) is 41.8 Å². The number of amides is 1. The molecule has 0 saturated heterocycles. The van der Waals surface area contributed by atoms with Crippen LogP contribution in [0, 0.1) is 0 Å². The van der Waals surface area contributed by atoms with E-state index in [2.05, 4.69) is 4.72 Å². The Morgan fingerprint density at radius 3 is 2.57 bits per heavy atom. The molecule has 1 aromatic heterocycles. The average molecular weight is 321 g/mol. The highest BCUT2D eigenvalue weighted by molar-refractivity contribution is 7.89. The third-order valence-electron chi connectivity index (χ3n) is 3.37. The number of sulfonamides is 1. The molecule has 0 bridgehead atoms. The van der Waals surface area contributed by atoms with Crippen molar-refractivity contribution in [3.05, 3.63) is 57.8 Å². The molecule has 4 nitrogen and oxygen atoms in total. The van der Waals surface area contributed by atoms with E-state index in [-0.39, 0.29) is 5.75 Å². The summed E-state index contributed by atoms with van der Waals surface area (Å²) in [4.78, 5) is 12.7. The van der Waals surface area contributed by atoms with Gasteiger partial charge in [0.05, 0.1) is 10.6 Å². The predicted octanol–water partition coefficient (Wildman–Crippen LogP) is 2.89. The number of hydrogen-bond acceptors (Lipinski definition) is 4. The van der Waals surface area contributed by atoms with Gasteiger partial charge in [-0.1, -0.05) is 30.3 Å². The summed E-state index contributed by atoms with van der Waals surface area (Å²) in [5.41, 5.74) is 1.64. The van der Waals surface area contributed by atoms with E-state index >= 15 is 0 Å². The highest BCUT2D eigenvalue weighted by Gasteiger charge is 2.30. The normalized spacial score (nSPS) is 14.9. The molecule has 3 rings (SSSR count). The van der Waals surface area contributed by atoms with Gasteiger partial charge in [-0.15, -0.1) is 11.3 Å². The maximum Gasteiger partial charge on any atom is 0.275 e. The van der Waals surface area contributed by atoms with E-state index in [1.165, 1.54) is 11.3 Å². The molecule has 1 saturated carbocycles. The number of hydrogen-bond donors (Lipinski definition) is 1. The van der Waals surface area contributed by atoms with E-state index in [1.807, 2.05) is 17.5 Å². The molecule has 0 atom stereocenters. The van der Waals surface area contributed by atoms with Crippen molar-refractivity contribution in [1.82, 2.24) is 4.72 Å². The largest absolute Gasteiger partial charge is 0.275 e. The first-order chi connectivity index (χ1) is 10.1. The van der Waals surface area contributed by atoms with Gasteiger partial charge in [0.15, 0.2) is 0 Å². The summed E-state index contributed by atoms with van der Waals surface area (Å²) in [5.74, 6) is -0.277. The van der Waals surface area contributed by atoms with Crippen LogP contribution in [0.25, 0.3) is 0 Å². The first-order valence-corrected chi connectivity index (χ1v) is 9.24. The van der Waals surface area contributed by atoms with Gasteiger partial charge in [-0.2, -0.15) is 0 Å². The number of nitrogens with one attached hydrogen (secondary N) is 1. The van der Waals surface area contributed by atoms with Gasteiger partial charge in [0, 0.05) is 0 Å². The Hall–Kier alpha value is -1.66. The lowest BCUT2D eigenvalue weighted by Gasteiger charge is -2.07. The van der Waals surface area contributed by atoms with E-state index in [0.29, 0.717) is 16.4 Å². The topological polar surface area (TPSA) is 63.2 Å². The second kappa shape index (κ2) is 5.61. The van der Waals surface area contributed by atoms with Crippen molar-refractivity contribution in [1.29, 1.82) is 0 Å². The zero-order chi connectivity index (χ0) is 14.9. The molecule has 21 heavy (non-hydrogen) atoms. The smallest absolute Gasteiger partial charge is 0.267 e. The van der Waals surface area contributed by atoms with Crippen LogP contribution in [0.4, 0.5) is 0 Å². The van der Waals surface area contributed by atoms with Crippen molar-refractivity contribution in [2.45, 2.75) is 24.5 Å². The Morgan fingerprint density at radius 2 is 1.90 bits per heavy atom. The van der Waals surface area contributed by atoms with Gasteiger partial charge in [-0.25, -0.2) is 13.1 Å². The maximum absolute atomic E-state index is 12.2. The van der Waals surface area contributed by atoms with E-state index in [4.69, 9.17) is 0 Å². The van der Waals surface area contributed by atoms with Gasteiger partial charge < -0.3 is 0 Å². The van der Waals surface area contributed by atoms with Crippen LogP contribution in [-0.4, -0.2) is 14.3 Å². The lowest BCUT2D eigenvalue weighted by molar-refractivity contribution is 0.0984. The highest BCUT2D eigenvalue weighted by Crippen LogP contribution is 2.43. The lowest BCUT2D eigenvalue weighted by Crippen LogP contribution is -2.31. The number of carbonyl (C=O) groups excluding carboxylic acids is 1. The molecule has 1 N–H and O–H groups in total. The fourth-order valence-corrected chi connectivity index (χ4v) is 4.27. The Labute approximate surface area is 127 Å². The number of rotatable bonds is 5. The molecular formula is C15H15NO3S2. The van der Waals surface area contributed by atoms with Crippen molar-refractivity contribution < 1.29 is 13.2 Å². The van der Waals surface area contributed by atoms with Crippen molar-refractivity contribution in [3.63, 3.8) is 0 Å². The second-order valence-corrected chi connectivity index (χ2v) is 7.79. The van der Waals surface area contributed by atoms with Gasteiger partial charge >= 0.3 is 0 Å². The Kier molecular flexibility index (Phi) is 3.82. The minimum Gasteiger partial charge on any atom is -0.267 e. The molecular weight excluding hydrogens is 306 g/mol. The number of benzene rings is 1. The summed E-state index contributed by atoms with van der Waals surface area (Å²) >= 11 is 1.30.